The van der Waals surface area contributed by atoms with Crippen molar-refractivity contribution in [3.8, 4) is 17.0 Å². The normalized spacial score (nSPS) is 10.4. The lowest BCUT2D eigenvalue weighted by Gasteiger charge is -2.06. The molecular formula is C15H11FN4O2. The van der Waals surface area contributed by atoms with Gasteiger partial charge >= 0.3 is 0 Å². The topological polar surface area (TPSA) is 90.9 Å². The number of aromatic amines is 1. The maximum absolute atomic E-state index is 13.7. The van der Waals surface area contributed by atoms with Gasteiger partial charge in [0.15, 0.2) is 5.69 Å². The van der Waals surface area contributed by atoms with E-state index in [4.69, 9.17) is 5.11 Å². The second-order valence-electron chi connectivity index (χ2n) is 4.51. The van der Waals surface area contributed by atoms with E-state index in [1.807, 2.05) is 18.2 Å². The van der Waals surface area contributed by atoms with Gasteiger partial charge in [0.05, 0.1) is 5.69 Å². The third-order valence-corrected chi connectivity index (χ3v) is 3.01. The summed E-state index contributed by atoms with van der Waals surface area (Å²) in [4.78, 5) is 12.2. The zero-order chi connectivity index (χ0) is 15.5. The lowest BCUT2D eigenvalue weighted by atomic mass is 10.1. The lowest BCUT2D eigenvalue weighted by Crippen LogP contribution is -2.14. The molecule has 1 aromatic heterocycles. The third-order valence-electron chi connectivity index (χ3n) is 3.01. The SMILES string of the molecule is O=C(Nc1ccc(O)cc1F)c1n[nH]nc1-c1ccccc1. The average molecular weight is 298 g/mol. The number of hydrogen-bond donors (Lipinski definition) is 3. The molecule has 0 spiro atoms. The lowest BCUT2D eigenvalue weighted by molar-refractivity contribution is 0.102. The number of rotatable bonds is 3. The fraction of sp³-hybridized carbons (Fsp3) is 0. The molecule has 0 saturated heterocycles. The number of halogens is 1. The number of H-pyrrole nitrogens is 1. The molecule has 1 heterocycles. The number of nitrogens with one attached hydrogen (secondary N) is 2. The van der Waals surface area contributed by atoms with Crippen LogP contribution in [-0.4, -0.2) is 26.4 Å². The van der Waals surface area contributed by atoms with Crippen LogP contribution in [0.4, 0.5) is 10.1 Å². The summed E-state index contributed by atoms with van der Waals surface area (Å²) in [6.45, 7) is 0. The smallest absolute Gasteiger partial charge is 0.278 e. The van der Waals surface area contributed by atoms with Crippen LogP contribution in [0.1, 0.15) is 10.5 Å². The van der Waals surface area contributed by atoms with E-state index in [9.17, 15) is 9.18 Å². The number of benzene rings is 2. The molecule has 0 unspecified atom stereocenters. The van der Waals surface area contributed by atoms with Gasteiger partial charge in [-0.1, -0.05) is 30.3 Å². The van der Waals surface area contributed by atoms with Gasteiger partial charge in [-0.3, -0.25) is 4.79 Å². The van der Waals surface area contributed by atoms with Crippen LogP contribution in [0.15, 0.2) is 48.5 Å². The van der Waals surface area contributed by atoms with Crippen molar-refractivity contribution in [2.45, 2.75) is 0 Å². The number of phenolic OH excluding ortho intramolecular Hbond substituents is 1. The number of nitrogens with zero attached hydrogens (tertiary/aromatic N) is 2. The van der Waals surface area contributed by atoms with Gasteiger partial charge in [0.25, 0.3) is 5.91 Å². The van der Waals surface area contributed by atoms with E-state index in [-0.39, 0.29) is 17.1 Å². The second kappa shape index (κ2) is 5.65. The monoisotopic (exact) mass is 298 g/mol. The molecule has 0 saturated carbocycles. The first kappa shape index (κ1) is 13.7. The van der Waals surface area contributed by atoms with Crippen LogP contribution in [0.5, 0.6) is 5.75 Å². The number of aromatic nitrogens is 3. The van der Waals surface area contributed by atoms with E-state index >= 15 is 0 Å². The van der Waals surface area contributed by atoms with Gasteiger partial charge in [-0.2, -0.15) is 15.4 Å². The first-order valence-corrected chi connectivity index (χ1v) is 6.41. The van der Waals surface area contributed by atoms with Gasteiger partial charge in [0, 0.05) is 11.6 Å². The van der Waals surface area contributed by atoms with Gasteiger partial charge in [-0.15, -0.1) is 0 Å². The molecule has 0 bridgehead atoms. The minimum atomic E-state index is -0.738. The number of carbonyl (C=O) groups excluding carboxylic acids is 1. The third kappa shape index (κ3) is 2.64. The summed E-state index contributed by atoms with van der Waals surface area (Å²) in [5.41, 5.74) is 1.09. The Hall–Kier alpha value is -3.22. The average Bonchev–Trinajstić information content (AvgIpc) is 3.00. The molecular weight excluding hydrogens is 287 g/mol. The number of amides is 1. The van der Waals surface area contributed by atoms with Gasteiger partial charge in [0.1, 0.15) is 17.3 Å². The Balaban J connectivity index is 1.89. The molecule has 6 nitrogen and oxygen atoms in total. The summed E-state index contributed by atoms with van der Waals surface area (Å²) in [7, 11) is 0. The summed E-state index contributed by atoms with van der Waals surface area (Å²) >= 11 is 0. The highest BCUT2D eigenvalue weighted by Crippen LogP contribution is 2.22. The quantitative estimate of drug-likeness (QED) is 0.648. The molecule has 0 aliphatic heterocycles. The highest BCUT2D eigenvalue weighted by atomic mass is 19.1. The second-order valence-corrected chi connectivity index (χ2v) is 4.51. The van der Waals surface area contributed by atoms with Crippen molar-refractivity contribution < 1.29 is 14.3 Å². The Morgan fingerprint density at radius 1 is 1.14 bits per heavy atom. The number of carbonyl (C=O) groups is 1. The zero-order valence-electron chi connectivity index (χ0n) is 11.2. The van der Waals surface area contributed by atoms with Crippen molar-refractivity contribution in [3.63, 3.8) is 0 Å². The van der Waals surface area contributed by atoms with E-state index in [1.54, 1.807) is 12.1 Å². The molecule has 22 heavy (non-hydrogen) atoms. The van der Waals surface area contributed by atoms with Crippen molar-refractivity contribution in [2.24, 2.45) is 0 Å². The van der Waals surface area contributed by atoms with Gasteiger partial charge in [0.2, 0.25) is 0 Å². The standard InChI is InChI=1S/C15H11FN4O2/c16-11-8-10(21)6-7-12(11)17-15(22)14-13(18-20-19-14)9-4-2-1-3-5-9/h1-8,21H,(H,17,22)(H,18,19,20). The fourth-order valence-electron chi connectivity index (χ4n) is 1.97. The fourth-order valence-corrected chi connectivity index (χ4v) is 1.97. The molecule has 3 N–H and O–H groups in total. The molecule has 1 amide bonds. The van der Waals surface area contributed by atoms with Crippen molar-refractivity contribution in [3.05, 3.63) is 60.0 Å². The number of phenols is 1. The summed E-state index contributed by atoms with van der Waals surface area (Å²) in [6, 6.07) is 12.5. The molecule has 110 valence electrons. The highest BCUT2D eigenvalue weighted by Gasteiger charge is 2.19. The predicted octanol–water partition coefficient (Wildman–Crippen LogP) is 2.57. The molecule has 0 aliphatic carbocycles. The number of aromatic hydroxyl groups is 1. The summed E-state index contributed by atoms with van der Waals surface area (Å²) in [6.07, 6.45) is 0. The van der Waals surface area contributed by atoms with Crippen LogP contribution in [0.2, 0.25) is 0 Å². The molecule has 7 heteroatoms. The van der Waals surface area contributed by atoms with Crippen LogP contribution < -0.4 is 5.32 Å². The number of hydrogen-bond acceptors (Lipinski definition) is 4. The Bertz CT molecular complexity index is 817. The molecule has 0 aliphatic rings. The maximum Gasteiger partial charge on any atom is 0.278 e. The highest BCUT2D eigenvalue weighted by molar-refractivity contribution is 6.06. The van der Waals surface area contributed by atoms with Crippen LogP contribution in [0, 0.1) is 5.82 Å². The Kier molecular flexibility index (Phi) is 3.53. The minimum Gasteiger partial charge on any atom is -0.508 e. The first-order valence-electron chi connectivity index (χ1n) is 6.41. The molecule has 0 fully saturated rings. The number of anilines is 1. The van der Waals surface area contributed by atoms with Crippen molar-refractivity contribution in [1.29, 1.82) is 0 Å². The van der Waals surface area contributed by atoms with Crippen LogP contribution in [0.3, 0.4) is 0 Å². The van der Waals surface area contributed by atoms with E-state index in [2.05, 4.69) is 20.7 Å². The maximum atomic E-state index is 13.7. The van der Waals surface area contributed by atoms with Crippen LogP contribution in [0.25, 0.3) is 11.3 Å². The molecule has 3 aromatic rings. The van der Waals surface area contributed by atoms with Crippen LogP contribution >= 0.6 is 0 Å². The minimum absolute atomic E-state index is 0.0511. The predicted molar refractivity (Wildman–Crippen MR) is 77.8 cm³/mol. The molecule has 0 atom stereocenters. The Labute approximate surface area is 124 Å². The summed E-state index contributed by atoms with van der Waals surface area (Å²) in [5, 5.41) is 21.7. The largest absolute Gasteiger partial charge is 0.508 e. The first-order chi connectivity index (χ1) is 10.6. The van der Waals surface area contributed by atoms with E-state index in [0.717, 1.165) is 6.07 Å². The molecule has 3 rings (SSSR count). The molecule has 0 radical (unpaired) electrons. The van der Waals surface area contributed by atoms with Gasteiger partial charge in [-0.25, -0.2) is 4.39 Å². The van der Waals surface area contributed by atoms with Crippen molar-refractivity contribution >= 4 is 11.6 Å². The summed E-state index contributed by atoms with van der Waals surface area (Å²) < 4.78 is 13.7. The van der Waals surface area contributed by atoms with E-state index in [1.165, 1.54) is 12.1 Å². The van der Waals surface area contributed by atoms with E-state index in [0.29, 0.717) is 11.3 Å². The van der Waals surface area contributed by atoms with Gasteiger partial charge < -0.3 is 10.4 Å². The Morgan fingerprint density at radius 2 is 1.91 bits per heavy atom. The van der Waals surface area contributed by atoms with Gasteiger partial charge in [-0.05, 0) is 12.1 Å². The molecule has 2 aromatic carbocycles. The van der Waals surface area contributed by atoms with Crippen molar-refractivity contribution in [1.82, 2.24) is 15.4 Å². The van der Waals surface area contributed by atoms with Crippen molar-refractivity contribution in [2.75, 3.05) is 5.32 Å². The van der Waals surface area contributed by atoms with E-state index < -0.39 is 11.7 Å². The van der Waals surface area contributed by atoms with Crippen LogP contribution in [-0.2, 0) is 0 Å². The summed E-state index contributed by atoms with van der Waals surface area (Å²) in [5.74, 6) is -1.56. The Morgan fingerprint density at radius 3 is 2.64 bits per heavy atom. The zero-order valence-corrected chi connectivity index (χ0v) is 11.2.